The maximum atomic E-state index is 12.5. The number of halogens is 1. The summed E-state index contributed by atoms with van der Waals surface area (Å²) in [5.41, 5.74) is 0.702. The average Bonchev–Trinajstić information content (AvgIpc) is 3.04. The molecule has 0 unspecified atom stereocenters. The van der Waals surface area contributed by atoms with E-state index in [-0.39, 0.29) is 5.91 Å². The Morgan fingerprint density at radius 3 is 2.55 bits per heavy atom. The fraction of sp³-hybridized carbons (Fsp3) is 0.438. The molecule has 2 aromatic heterocycles. The van der Waals surface area contributed by atoms with Gasteiger partial charge in [-0.15, -0.1) is 11.3 Å². The Bertz CT molecular complexity index is 671. The lowest BCUT2D eigenvalue weighted by molar-refractivity contribution is 0.0628. The van der Waals surface area contributed by atoms with E-state index in [4.69, 9.17) is 4.42 Å². The number of carbonyl (C=O) groups is 1. The van der Waals surface area contributed by atoms with Crippen molar-refractivity contribution >= 4 is 33.2 Å². The second kappa shape index (κ2) is 6.56. The van der Waals surface area contributed by atoms with E-state index < -0.39 is 0 Å². The van der Waals surface area contributed by atoms with Gasteiger partial charge in [-0.1, -0.05) is 0 Å². The predicted molar refractivity (Wildman–Crippen MR) is 91.4 cm³/mol. The van der Waals surface area contributed by atoms with Crippen LogP contribution in [0.4, 0.5) is 0 Å². The third kappa shape index (κ3) is 3.45. The first-order chi connectivity index (χ1) is 10.5. The zero-order valence-electron chi connectivity index (χ0n) is 12.8. The molecular formula is C16H19BrN2O2S. The first kappa shape index (κ1) is 15.8. The summed E-state index contributed by atoms with van der Waals surface area (Å²) in [4.78, 5) is 18.2. The van der Waals surface area contributed by atoms with Crippen molar-refractivity contribution in [3.05, 3.63) is 43.9 Å². The number of aryl methyl sites for hydroxylation is 2. The van der Waals surface area contributed by atoms with E-state index in [1.807, 2.05) is 24.8 Å². The number of carbonyl (C=O) groups excluding carboxylic acids is 1. The fourth-order valence-electron chi connectivity index (χ4n) is 2.78. The third-order valence-corrected chi connectivity index (χ3v) is 5.55. The van der Waals surface area contributed by atoms with Gasteiger partial charge in [0.1, 0.15) is 11.5 Å². The molecule has 1 aliphatic rings. The smallest absolute Gasteiger partial charge is 0.257 e. The number of piperazine rings is 1. The third-order valence-electron chi connectivity index (χ3n) is 3.94. The Hall–Kier alpha value is -1.11. The molecule has 2 aromatic rings. The average molecular weight is 383 g/mol. The highest BCUT2D eigenvalue weighted by molar-refractivity contribution is 9.11. The van der Waals surface area contributed by atoms with E-state index in [0.717, 1.165) is 38.5 Å². The highest BCUT2D eigenvalue weighted by Gasteiger charge is 2.24. The topological polar surface area (TPSA) is 36.7 Å². The summed E-state index contributed by atoms with van der Waals surface area (Å²) in [6, 6.07) is 6.08. The number of hydrogen-bond donors (Lipinski definition) is 0. The molecule has 0 saturated carbocycles. The van der Waals surface area contributed by atoms with E-state index in [1.54, 1.807) is 11.3 Å². The van der Waals surface area contributed by atoms with Gasteiger partial charge >= 0.3 is 0 Å². The Morgan fingerprint density at radius 1 is 1.27 bits per heavy atom. The zero-order valence-corrected chi connectivity index (χ0v) is 15.2. The summed E-state index contributed by atoms with van der Waals surface area (Å²) in [5, 5.41) is 0. The lowest BCUT2D eigenvalue weighted by Crippen LogP contribution is -2.48. The monoisotopic (exact) mass is 382 g/mol. The summed E-state index contributed by atoms with van der Waals surface area (Å²) in [7, 11) is 0. The number of hydrogen-bond acceptors (Lipinski definition) is 4. The van der Waals surface area contributed by atoms with Gasteiger partial charge in [0.15, 0.2) is 0 Å². The second-order valence-corrected chi connectivity index (χ2v) is 8.15. The van der Waals surface area contributed by atoms with Gasteiger partial charge in [0, 0.05) is 37.6 Å². The Morgan fingerprint density at radius 2 is 2.00 bits per heavy atom. The molecule has 1 amide bonds. The van der Waals surface area contributed by atoms with E-state index >= 15 is 0 Å². The molecular weight excluding hydrogens is 364 g/mol. The minimum absolute atomic E-state index is 0.0906. The molecule has 22 heavy (non-hydrogen) atoms. The lowest BCUT2D eigenvalue weighted by atomic mass is 10.2. The van der Waals surface area contributed by atoms with Crippen LogP contribution in [0.15, 0.2) is 26.4 Å². The molecule has 118 valence electrons. The van der Waals surface area contributed by atoms with Gasteiger partial charge in [-0.25, -0.2) is 0 Å². The van der Waals surface area contributed by atoms with Crippen molar-refractivity contribution < 1.29 is 9.21 Å². The minimum Gasteiger partial charge on any atom is -0.466 e. The molecule has 0 aromatic carbocycles. The van der Waals surface area contributed by atoms with Crippen LogP contribution in [0.3, 0.4) is 0 Å². The Labute approximate surface area is 142 Å². The predicted octanol–water partition coefficient (Wildman–Crippen LogP) is 3.68. The van der Waals surface area contributed by atoms with Crippen molar-refractivity contribution in [3.8, 4) is 0 Å². The van der Waals surface area contributed by atoms with Crippen LogP contribution in [0, 0.1) is 13.8 Å². The van der Waals surface area contributed by atoms with Gasteiger partial charge in [0.25, 0.3) is 5.91 Å². The molecule has 1 saturated heterocycles. The van der Waals surface area contributed by atoms with Crippen LogP contribution < -0.4 is 0 Å². The number of furan rings is 1. The van der Waals surface area contributed by atoms with Crippen LogP contribution in [0.5, 0.6) is 0 Å². The van der Waals surface area contributed by atoms with Crippen LogP contribution in [-0.2, 0) is 6.54 Å². The fourth-order valence-corrected chi connectivity index (χ4v) is 4.31. The molecule has 0 spiro atoms. The van der Waals surface area contributed by atoms with Gasteiger partial charge in [0.2, 0.25) is 0 Å². The van der Waals surface area contributed by atoms with Crippen molar-refractivity contribution in [1.29, 1.82) is 0 Å². The largest absolute Gasteiger partial charge is 0.466 e. The highest BCUT2D eigenvalue weighted by atomic mass is 79.9. The molecule has 4 nitrogen and oxygen atoms in total. The molecule has 3 rings (SSSR count). The van der Waals surface area contributed by atoms with Crippen LogP contribution >= 0.6 is 27.3 Å². The molecule has 1 fully saturated rings. The highest BCUT2D eigenvalue weighted by Crippen LogP contribution is 2.24. The summed E-state index contributed by atoms with van der Waals surface area (Å²) in [6.45, 7) is 8.06. The van der Waals surface area contributed by atoms with Crippen LogP contribution in [0.25, 0.3) is 0 Å². The number of nitrogens with zero attached hydrogens (tertiary/aromatic N) is 2. The van der Waals surface area contributed by atoms with Crippen molar-refractivity contribution in [2.45, 2.75) is 20.4 Å². The number of thiophene rings is 1. The Balaban J connectivity index is 1.57. The zero-order chi connectivity index (χ0) is 15.7. The lowest BCUT2D eigenvalue weighted by Gasteiger charge is -2.34. The molecule has 1 aliphatic heterocycles. The molecule has 6 heteroatoms. The van der Waals surface area contributed by atoms with E-state index in [2.05, 4.69) is 33.0 Å². The van der Waals surface area contributed by atoms with Gasteiger partial charge in [-0.3, -0.25) is 9.69 Å². The molecule has 0 radical (unpaired) electrons. The molecule has 0 atom stereocenters. The SMILES string of the molecule is Cc1cc(C(=O)N2CCN(Cc3ccc(Br)s3)CC2)c(C)o1. The summed E-state index contributed by atoms with van der Waals surface area (Å²) < 4.78 is 6.64. The van der Waals surface area contributed by atoms with Crippen molar-refractivity contribution in [1.82, 2.24) is 9.80 Å². The number of amides is 1. The van der Waals surface area contributed by atoms with Gasteiger partial charge in [-0.05, 0) is 48.0 Å². The van der Waals surface area contributed by atoms with Crippen LogP contribution in [-0.4, -0.2) is 41.9 Å². The van der Waals surface area contributed by atoms with E-state index in [1.165, 1.54) is 8.66 Å². The van der Waals surface area contributed by atoms with Gasteiger partial charge in [-0.2, -0.15) is 0 Å². The van der Waals surface area contributed by atoms with Gasteiger partial charge < -0.3 is 9.32 Å². The van der Waals surface area contributed by atoms with E-state index in [9.17, 15) is 4.79 Å². The minimum atomic E-state index is 0.0906. The summed E-state index contributed by atoms with van der Waals surface area (Å²) in [5.74, 6) is 1.60. The standard InChI is InChI=1S/C16H19BrN2O2S/c1-11-9-14(12(2)21-11)16(20)19-7-5-18(6-8-19)10-13-3-4-15(17)22-13/h3-4,9H,5-8,10H2,1-2H3. The van der Waals surface area contributed by atoms with Crippen LogP contribution in [0.1, 0.15) is 26.8 Å². The van der Waals surface area contributed by atoms with Crippen molar-refractivity contribution in [2.75, 3.05) is 26.2 Å². The van der Waals surface area contributed by atoms with Crippen LogP contribution in [0.2, 0.25) is 0 Å². The Kier molecular flexibility index (Phi) is 4.70. The van der Waals surface area contributed by atoms with Crippen molar-refractivity contribution in [2.24, 2.45) is 0 Å². The first-order valence-corrected chi connectivity index (χ1v) is 8.97. The molecule has 0 aliphatic carbocycles. The maximum absolute atomic E-state index is 12.5. The summed E-state index contributed by atoms with van der Waals surface area (Å²) >= 11 is 5.27. The van der Waals surface area contributed by atoms with E-state index in [0.29, 0.717) is 11.3 Å². The quantitative estimate of drug-likeness (QED) is 0.812. The second-order valence-electron chi connectivity index (χ2n) is 5.60. The maximum Gasteiger partial charge on any atom is 0.257 e. The molecule has 0 bridgehead atoms. The summed E-state index contributed by atoms with van der Waals surface area (Å²) in [6.07, 6.45) is 0. The molecule has 0 N–H and O–H groups in total. The van der Waals surface area contributed by atoms with Crippen molar-refractivity contribution in [3.63, 3.8) is 0 Å². The van der Waals surface area contributed by atoms with Gasteiger partial charge in [0.05, 0.1) is 9.35 Å². The normalized spacial score (nSPS) is 16.2. The molecule has 3 heterocycles. The first-order valence-electron chi connectivity index (χ1n) is 7.36. The number of rotatable bonds is 3.